The van der Waals surface area contributed by atoms with E-state index >= 15 is 0 Å². The molecule has 0 fully saturated rings. The van der Waals surface area contributed by atoms with Crippen LogP contribution in [0, 0.1) is 10.1 Å². The van der Waals surface area contributed by atoms with Crippen molar-refractivity contribution in [3.63, 3.8) is 0 Å². The van der Waals surface area contributed by atoms with Gasteiger partial charge in [0.15, 0.2) is 0 Å². The van der Waals surface area contributed by atoms with E-state index in [1.807, 2.05) is 0 Å². The van der Waals surface area contributed by atoms with E-state index in [1.165, 1.54) is 12.1 Å². The fourth-order valence-electron chi connectivity index (χ4n) is 1.24. The molecule has 0 amide bonds. The quantitative estimate of drug-likeness (QED) is 0.605. The molecular formula is C10H6ClN3O3. The lowest BCUT2D eigenvalue weighted by Gasteiger charge is -1.99. The molecule has 86 valence electrons. The lowest BCUT2D eigenvalue weighted by molar-refractivity contribution is -0.384. The zero-order valence-electron chi connectivity index (χ0n) is 8.41. The van der Waals surface area contributed by atoms with Gasteiger partial charge in [-0.2, -0.15) is 9.78 Å². The van der Waals surface area contributed by atoms with E-state index in [-0.39, 0.29) is 5.69 Å². The Kier molecular flexibility index (Phi) is 2.88. The summed E-state index contributed by atoms with van der Waals surface area (Å²) < 4.78 is 0.918. The third-order valence-electron chi connectivity index (χ3n) is 2.08. The van der Waals surface area contributed by atoms with Gasteiger partial charge in [0.1, 0.15) is 12.4 Å². The van der Waals surface area contributed by atoms with E-state index in [1.54, 1.807) is 12.1 Å². The molecule has 0 saturated carbocycles. The number of rotatable bonds is 2. The van der Waals surface area contributed by atoms with Gasteiger partial charge in [0, 0.05) is 10.6 Å². The summed E-state index contributed by atoms with van der Waals surface area (Å²) in [5.74, 6) is -0.449. The summed E-state index contributed by atoms with van der Waals surface area (Å²) in [7, 11) is 0. The Hall–Kier alpha value is -2.21. The van der Waals surface area contributed by atoms with Crippen molar-refractivity contribution in [1.82, 2.24) is 9.78 Å². The van der Waals surface area contributed by atoms with Crippen molar-refractivity contribution in [3.8, 4) is 0 Å². The maximum atomic E-state index is 11.8. The standard InChI is InChI=1S/C10H6ClN3O3/c11-8-3-1-7(2-4-8)10(15)13-6-9(5-12-13)14(16)17/h1-6H. The van der Waals surface area contributed by atoms with Crippen LogP contribution in [0.4, 0.5) is 5.69 Å². The van der Waals surface area contributed by atoms with Gasteiger partial charge in [-0.15, -0.1) is 0 Å². The average Bonchev–Trinajstić information content (AvgIpc) is 2.78. The molecule has 0 radical (unpaired) electrons. The second-order valence-corrected chi connectivity index (χ2v) is 3.65. The van der Waals surface area contributed by atoms with Crippen molar-refractivity contribution in [2.45, 2.75) is 0 Å². The summed E-state index contributed by atoms with van der Waals surface area (Å²) in [6, 6.07) is 6.18. The highest BCUT2D eigenvalue weighted by atomic mass is 35.5. The fourth-order valence-corrected chi connectivity index (χ4v) is 1.37. The predicted octanol–water partition coefficient (Wildman–Crippen LogP) is 2.13. The summed E-state index contributed by atoms with van der Waals surface area (Å²) in [6.07, 6.45) is 2.09. The number of hydrogen-bond donors (Lipinski definition) is 0. The van der Waals surface area contributed by atoms with Crippen molar-refractivity contribution in [3.05, 3.63) is 57.4 Å². The number of carbonyl (C=O) groups is 1. The highest BCUT2D eigenvalue weighted by Gasteiger charge is 2.14. The minimum atomic E-state index is -0.612. The van der Waals surface area contributed by atoms with Crippen LogP contribution in [0.15, 0.2) is 36.7 Å². The Morgan fingerprint density at radius 3 is 2.53 bits per heavy atom. The number of carbonyl (C=O) groups excluding carboxylic acids is 1. The second-order valence-electron chi connectivity index (χ2n) is 3.21. The Labute approximate surface area is 101 Å². The highest BCUT2D eigenvalue weighted by Crippen LogP contribution is 2.13. The Morgan fingerprint density at radius 1 is 1.35 bits per heavy atom. The molecule has 0 atom stereocenters. The van der Waals surface area contributed by atoms with Gasteiger partial charge in [-0.3, -0.25) is 14.9 Å². The normalized spacial score (nSPS) is 10.2. The molecule has 2 aromatic rings. The zero-order chi connectivity index (χ0) is 12.4. The van der Waals surface area contributed by atoms with Crippen molar-refractivity contribution >= 4 is 23.2 Å². The second kappa shape index (κ2) is 4.34. The fraction of sp³-hybridized carbons (Fsp3) is 0. The van der Waals surface area contributed by atoms with Crippen LogP contribution in [-0.4, -0.2) is 20.6 Å². The molecule has 2 rings (SSSR count). The van der Waals surface area contributed by atoms with Crippen LogP contribution >= 0.6 is 11.6 Å². The van der Waals surface area contributed by atoms with Crippen LogP contribution in [0.3, 0.4) is 0 Å². The highest BCUT2D eigenvalue weighted by molar-refractivity contribution is 6.30. The molecule has 0 N–H and O–H groups in total. The third kappa shape index (κ3) is 2.31. The molecule has 0 bridgehead atoms. The van der Waals surface area contributed by atoms with Gasteiger partial charge in [0.05, 0.1) is 4.92 Å². The van der Waals surface area contributed by atoms with Gasteiger partial charge < -0.3 is 0 Å². The molecule has 0 unspecified atom stereocenters. The van der Waals surface area contributed by atoms with Crippen molar-refractivity contribution in [1.29, 1.82) is 0 Å². The molecular weight excluding hydrogens is 246 g/mol. The SMILES string of the molecule is O=C(c1ccc(Cl)cc1)n1cc([N+](=O)[O-])cn1. The van der Waals surface area contributed by atoms with Gasteiger partial charge in [0.2, 0.25) is 0 Å². The summed E-state index contributed by atoms with van der Waals surface area (Å²) >= 11 is 5.69. The molecule has 0 aliphatic heterocycles. The molecule has 6 nitrogen and oxygen atoms in total. The van der Waals surface area contributed by atoms with Crippen molar-refractivity contribution < 1.29 is 9.72 Å². The van der Waals surface area contributed by atoms with Gasteiger partial charge >= 0.3 is 5.69 Å². The molecule has 1 aromatic carbocycles. The largest absolute Gasteiger partial charge is 0.307 e. The van der Waals surface area contributed by atoms with Crippen molar-refractivity contribution in [2.75, 3.05) is 0 Å². The monoisotopic (exact) mass is 251 g/mol. The molecule has 7 heteroatoms. The van der Waals surface area contributed by atoms with E-state index in [2.05, 4.69) is 5.10 Å². The lowest BCUT2D eigenvalue weighted by atomic mass is 10.2. The molecule has 1 heterocycles. The van der Waals surface area contributed by atoms with Crippen molar-refractivity contribution in [2.24, 2.45) is 0 Å². The number of benzene rings is 1. The Morgan fingerprint density at radius 2 is 2.00 bits per heavy atom. The minimum absolute atomic E-state index is 0.229. The van der Waals surface area contributed by atoms with Crippen LogP contribution in [0.2, 0.25) is 5.02 Å². The van der Waals surface area contributed by atoms with Crippen LogP contribution in [0.5, 0.6) is 0 Å². The van der Waals surface area contributed by atoms with Crippen LogP contribution < -0.4 is 0 Å². The van der Waals surface area contributed by atoms with Crippen LogP contribution in [-0.2, 0) is 0 Å². The Bertz CT molecular complexity index is 577. The van der Waals surface area contributed by atoms with E-state index < -0.39 is 10.8 Å². The van der Waals surface area contributed by atoms with E-state index in [0.29, 0.717) is 10.6 Å². The molecule has 1 aromatic heterocycles. The van der Waals surface area contributed by atoms with Gasteiger partial charge in [0.25, 0.3) is 5.91 Å². The molecule has 0 aliphatic carbocycles. The lowest BCUT2D eigenvalue weighted by Crippen LogP contribution is -2.12. The van der Waals surface area contributed by atoms with Crippen LogP contribution in [0.1, 0.15) is 10.4 Å². The minimum Gasteiger partial charge on any atom is -0.267 e. The average molecular weight is 252 g/mol. The summed E-state index contributed by atoms with van der Waals surface area (Å²) in [6.45, 7) is 0. The Balaban J connectivity index is 2.30. The maximum Gasteiger partial charge on any atom is 0.307 e. The predicted molar refractivity (Wildman–Crippen MR) is 60.1 cm³/mol. The molecule has 0 aliphatic rings. The first-order valence-corrected chi connectivity index (χ1v) is 4.95. The summed E-state index contributed by atoms with van der Waals surface area (Å²) in [5.41, 5.74) is 0.125. The third-order valence-corrected chi connectivity index (χ3v) is 2.33. The maximum absolute atomic E-state index is 11.8. The van der Waals surface area contributed by atoms with Crippen LogP contribution in [0.25, 0.3) is 0 Å². The van der Waals surface area contributed by atoms with E-state index in [9.17, 15) is 14.9 Å². The zero-order valence-corrected chi connectivity index (χ0v) is 9.16. The smallest absolute Gasteiger partial charge is 0.267 e. The molecule has 17 heavy (non-hydrogen) atoms. The number of aromatic nitrogens is 2. The summed E-state index contributed by atoms with van der Waals surface area (Å²) in [5, 5.41) is 14.6. The number of halogens is 1. The van der Waals surface area contributed by atoms with Gasteiger partial charge in [-0.05, 0) is 24.3 Å². The van der Waals surface area contributed by atoms with Gasteiger partial charge in [-0.25, -0.2) is 0 Å². The number of nitro groups is 1. The number of hydrogen-bond acceptors (Lipinski definition) is 4. The first-order chi connectivity index (χ1) is 8.08. The van der Waals surface area contributed by atoms with E-state index in [4.69, 9.17) is 11.6 Å². The topological polar surface area (TPSA) is 78.0 Å². The van der Waals surface area contributed by atoms with E-state index in [0.717, 1.165) is 17.1 Å². The van der Waals surface area contributed by atoms with Gasteiger partial charge in [-0.1, -0.05) is 11.6 Å². The molecule has 0 saturated heterocycles. The first kappa shape index (κ1) is 11.3. The first-order valence-electron chi connectivity index (χ1n) is 4.57. The molecule has 0 spiro atoms. The summed E-state index contributed by atoms with van der Waals surface area (Å²) in [4.78, 5) is 21.7. The number of nitrogens with zero attached hydrogens (tertiary/aromatic N) is 3.